The lowest BCUT2D eigenvalue weighted by Crippen LogP contribution is -2.33. The van der Waals surface area contributed by atoms with Gasteiger partial charge in [0.25, 0.3) is 0 Å². The minimum atomic E-state index is 0.574. The summed E-state index contributed by atoms with van der Waals surface area (Å²) in [5, 5.41) is 3.62. The van der Waals surface area contributed by atoms with Crippen molar-refractivity contribution in [2.75, 3.05) is 6.54 Å². The van der Waals surface area contributed by atoms with Gasteiger partial charge in [0.05, 0.1) is 0 Å². The summed E-state index contributed by atoms with van der Waals surface area (Å²) in [5.41, 5.74) is 1.42. The van der Waals surface area contributed by atoms with Gasteiger partial charge in [-0.25, -0.2) is 0 Å². The molecule has 0 saturated heterocycles. The van der Waals surface area contributed by atoms with Crippen LogP contribution in [-0.2, 0) is 0 Å². The largest absolute Gasteiger partial charge is 0.313 e. The van der Waals surface area contributed by atoms with Crippen LogP contribution in [-0.4, -0.2) is 12.6 Å². The van der Waals surface area contributed by atoms with E-state index in [9.17, 15) is 0 Å². The van der Waals surface area contributed by atoms with E-state index in [0.717, 1.165) is 11.0 Å². The summed E-state index contributed by atoms with van der Waals surface area (Å²) in [6.07, 6.45) is 2.38. The van der Waals surface area contributed by atoms with Crippen molar-refractivity contribution in [2.45, 2.75) is 45.6 Å². The molecule has 1 rings (SSSR count). The Balaban J connectivity index is 2.66. The molecule has 16 heavy (non-hydrogen) atoms. The lowest BCUT2D eigenvalue weighted by atomic mass is 9.91. The summed E-state index contributed by atoms with van der Waals surface area (Å²) in [6.45, 7) is 7.88. The van der Waals surface area contributed by atoms with Crippen LogP contribution in [0.4, 0.5) is 0 Å². The van der Waals surface area contributed by atoms with Crippen LogP contribution >= 0.6 is 15.9 Å². The van der Waals surface area contributed by atoms with E-state index in [4.69, 9.17) is 0 Å². The lowest BCUT2D eigenvalue weighted by molar-refractivity contribution is 0.438. The van der Waals surface area contributed by atoms with Gasteiger partial charge in [0, 0.05) is 10.5 Å². The zero-order valence-electron chi connectivity index (χ0n) is 10.5. The SMILES string of the molecule is CCCNC(CC)C(C)c1ccc(Br)cc1. The van der Waals surface area contributed by atoms with Gasteiger partial charge in [0.1, 0.15) is 0 Å². The zero-order chi connectivity index (χ0) is 12.0. The number of hydrogen-bond donors (Lipinski definition) is 1. The van der Waals surface area contributed by atoms with Gasteiger partial charge < -0.3 is 5.32 Å². The Labute approximate surface area is 108 Å². The highest BCUT2D eigenvalue weighted by Gasteiger charge is 2.15. The highest BCUT2D eigenvalue weighted by molar-refractivity contribution is 9.10. The van der Waals surface area contributed by atoms with Crippen LogP contribution in [0.2, 0.25) is 0 Å². The Morgan fingerprint density at radius 1 is 1.19 bits per heavy atom. The van der Waals surface area contributed by atoms with E-state index < -0.39 is 0 Å². The summed E-state index contributed by atoms with van der Waals surface area (Å²) in [6, 6.07) is 9.26. The Kier molecular flexibility index (Phi) is 6.07. The van der Waals surface area contributed by atoms with Crippen molar-refractivity contribution in [3.63, 3.8) is 0 Å². The van der Waals surface area contributed by atoms with Gasteiger partial charge in [-0.1, -0.05) is 48.8 Å². The molecule has 1 aromatic carbocycles. The van der Waals surface area contributed by atoms with Gasteiger partial charge in [-0.3, -0.25) is 0 Å². The summed E-state index contributed by atoms with van der Waals surface area (Å²) in [7, 11) is 0. The Morgan fingerprint density at radius 2 is 1.81 bits per heavy atom. The van der Waals surface area contributed by atoms with E-state index in [-0.39, 0.29) is 0 Å². The Hall–Kier alpha value is -0.340. The molecule has 1 nitrogen and oxygen atoms in total. The fraction of sp³-hybridized carbons (Fsp3) is 0.571. The molecule has 0 heterocycles. The molecule has 0 saturated carbocycles. The molecule has 90 valence electrons. The second-order valence-corrected chi connectivity index (χ2v) is 5.22. The maximum Gasteiger partial charge on any atom is 0.0175 e. The number of hydrogen-bond acceptors (Lipinski definition) is 1. The number of rotatable bonds is 6. The van der Waals surface area contributed by atoms with Crippen molar-refractivity contribution >= 4 is 15.9 Å². The lowest BCUT2D eigenvalue weighted by Gasteiger charge is -2.24. The molecular weight excluding hydrogens is 262 g/mol. The van der Waals surface area contributed by atoms with Crippen LogP contribution in [0.25, 0.3) is 0 Å². The van der Waals surface area contributed by atoms with Crippen LogP contribution in [0.5, 0.6) is 0 Å². The van der Waals surface area contributed by atoms with Crippen LogP contribution in [0.3, 0.4) is 0 Å². The molecule has 0 amide bonds. The summed E-state index contributed by atoms with van der Waals surface area (Å²) in [5.74, 6) is 0.574. The highest BCUT2D eigenvalue weighted by atomic mass is 79.9. The first-order valence-electron chi connectivity index (χ1n) is 6.17. The molecule has 0 aliphatic carbocycles. The average Bonchev–Trinajstić information content (AvgIpc) is 2.30. The van der Waals surface area contributed by atoms with E-state index in [0.29, 0.717) is 12.0 Å². The Bertz CT molecular complexity index is 294. The van der Waals surface area contributed by atoms with E-state index in [1.54, 1.807) is 0 Å². The van der Waals surface area contributed by atoms with Crippen LogP contribution in [0.1, 0.15) is 45.1 Å². The molecule has 2 heteroatoms. The number of benzene rings is 1. The summed E-state index contributed by atoms with van der Waals surface area (Å²) in [4.78, 5) is 0. The monoisotopic (exact) mass is 283 g/mol. The van der Waals surface area contributed by atoms with Gasteiger partial charge >= 0.3 is 0 Å². The van der Waals surface area contributed by atoms with E-state index in [1.165, 1.54) is 18.4 Å². The second kappa shape index (κ2) is 7.08. The Morgan fingerprint density at radius 3 is 2.31 bits per heavy atom. The molecule has 0 spiro atoms. The molecule has 1 aromatic rings. The highest BCUT2D eigenvalue weighted by Crippen LogP contribution is 2.22. The molecule has 0 aliphatic rings. The predicted octanol–water partition coefficient (Wildman–Crippen LogP) is 4.33. The third-order valence-corrected chi connectivity index (χ3v) is 3.62. The van der Waals surface area contributed by atoms with Crippen molar-refractivity contribution in [3.05, 3.63) is 34.3 Å². The van der Waals surface area contributed by atoms with Gasteiger partial charge in [-0.2, -0.15) is 0 Å². The van der Waals surface area contributed by atoms with Gasteiger partial charge in [0.2, 0.25) is 0 Å². The molecule has 0 radical (unpaired) electrons. The third-order valence-electron chi connectivity index (χ3n) is 3.10. The zero-order valence-corrected chi connectivity index (χ0v) is 12.0. The van der Waals surface area contributed by atoms with Crippen LogP contribution < -0.4 is 5.32 Å². The molecule has 0 fully saturated rings. The smallest absolute Gasteiger partial charge is 0.0175 e. The normalized spacial score (nSPS) is 14.8. The standard InChI is InChI=1S/C14H22BrN/c1-4-10-16-14(5-2)11(3)12-6-8-13(15)9-7-12/h6-9,11,14,16H,4-5,10H2,1-3H3. The third kappa shape index (κ3) is 3.91. The molecule has 2 atom stereocenters. The first kappa shape index (κ1) is 13.7. The van der Waals surface area contributed by atoms with Crippen molar-refractivity contribution in [1.29, 1.82) is 0 Å². The molecule has 2 unspecified atom stereocenters. The summed E-state index contributed by atoms with van der Waals surface area (Å²) < 4.78 is 1.15. The maximum atomic E-state index is 3.62. The minimum absolute atomic E-state index is 0.574. The van der Waals surface area contributed by atoms with Crippen molar-refractivity contribution in [2.24, 2.45) is 0 Å². The minimum Gasteiger partial charge on any atom is -0.313 e. The summed E-state index contributed by atoms with van der Waals surface area (Å²) >= 11 is 3.47. The molecule has 0 aliphatic heterocycles. The molecule has 0 bridgehead atoms. The molecule has 1 N–H and O–H groups in total. The first-order chi connectivity index (χ1) is 7.69. The fourth-order valence-corrected chi connectivity index (χ4v) is 2.27. The van der Waals surface area contributed by atoms with Crippen molar-refractivity contribution < 1.29 is 0 Å². The van der Waals surface area contributed by atoms with Crippen LogP contribution in [0.15, 0.2) is 28.7 Å². The van der Waals surface area contributed by atoms with Gasteiger partial charge in [0.15, 0.2) is 0 Å². The van der Waals surface area contributed by atoms with E-state index >= 15 is 0 Å². The topological polar surface area (TPSA) is 12.0 Å². The van der Waals surface area contributed by atoms with Crippen molar-refractivity contribution in [3.8, 4) is 0 Å². The molecule has 0 aromatic heterocycles. The fourth-order valence-electron chi connectivity index (χ4n) is 2.00. The first-order valence-corrected chi connectivity index (χ1v) is 6.97. The van der Waals surface area contributed by atoms with Gasteiger partial charge in [-0.05, 0) is 43.0 Å². The quantitative estimate of drug-likeness (QED) is 0.819. The predicted molar refractivity (Wildman–Crippen MR) is 74.9 cm³/mol. The van der Waals surface area contributed by atoms with E-state index in [1.807, 2.05) is 0 Å². The molecular formula is C14H22BrN. The number of halogens is 1. The second-order valence-electron chi connectivity index (χ2n) is 4.31. The van der Waals surface area contributed by atoms with Gasteiger partial charge in [-0.15, -0.1) is 0 Å². The number of nitrogens with one attached hydrogen (secondary N) is 1. The van der Waals surface area contributed by atoms with E-state index in [2.05, 4.69) is 66.3 Å². The average molecular weight is 284 g/mol. The van der Waals surface area contributed by atoms with Crippen LogP contribution in [0, 0.1) is 0 Å². The van der Waals surface area contributed by atoms with Crippen molar-refractivity contribution in [1.82, 2.24) is 5.32 Å². The maximum absolute atomic E-state index is 3.62.